The highest BCUT2D eigenvalue weighted by Crippen LogP contribution is 2.37. The summed E-state index contributed by atoms with van der Waals surface area (Å²) in [6, 6.07) is 9.00. The number of rotatable bonds is 8. The van der Waals surface area contributed by atoms with E-state index in [1.165, 1.54) is 12.1 Å². The lowest BCUT2D eigenvalue weighted by Crippen LogP contribution is -2.49. The summed E-state index contributed by atoms with van der Waals surface area (Å²) in [5, 5.41) is 17.1. The molecule has 9 nitrogen and oxygen atoms in total. The molecule has 2 aliphatic rings. The van der Waals surface area contributed by atoms with Gasteiger partial charge in [0.15, 0.2) is 0 Å². The molecule has 0 amide bonds. The Labute approximate surface area is 249 Å². The van der Waals surface area contributed by atoms with Gasteiger partial charge in [0.1, 0.15) is 17.4 Å². The minimum Gasteiger partial charge on any atom is -0.495 e. The number of ether oxygens (including phenoxy) is 2. The van der Waals surface area contributed by atoms with E-state index in [4.69, 9.17) is 9.47 Å². The molecule has 0 spiro atoms. The first-order valence-corrected chi connectivity index (χ1v) is 14.8. The van der Waals surface area contributed by atoms with Crippen LogP contribution in [0.25, 0.3) is 0 Å². The summed E-state index contributed by atoms with van der Waals surface area (Å²) in [5.41, 5.74) is 2.68. The third-order valence-corrected chi connectivity index (χ3v) is 8.36. The highest BCUT2D eigenvalue weighted by atomic mass is 79.9. The summed E-state index contributed by atoms with van der Waals surface area (Å²) >= 11 is 3.50. The molecule has 5 rings (SSSR count). The lowest BCUT2D eigenvalue weighted by molar-refractivity contribution is 0.0115. The molecule has 2 saturated heterocycles. The van der Waals surface area contributed by atoms with E-state index >= 15 is 0 Å². The molecule has 11 heteroatoms. The van der Waals surface area contributed by atoms with Crippen molar-refractivity contribution >= 4 is 44.8 Å². The van der Waals surface area contributed by atoms with Gasteiger partial charge in [-0.2, -0.15) is 4.98 Å². The number of piperidine rings is 1. The molecule has 0 saturated carbocycles. The molecule has 0 atom stereocenters. The smallest absolute Gasteiger partial charge is 0.229 e. The van der Waals surface area contributed by atoms with Gasteiger partial charge in [0.2, 0.25) is 5.95 Å². The number of hydrogen-bond donors (Lipinski definition) is 3. The zero-order valence-corrected chi connectivity index (χ0v) is 25.6. The Morgan fingerprint density at radius 3 is 2.49 bits per heavy atom. The summed E-state index contributed by atoms with van der Waals surface area (Å²) in [4.78, 5) is 14.1. The van der Waals surface area contributed by atoms with Crippen LogP contribution in [0.5, 0.6) is 5.75 Å². The molecular formula is C30H38BrFN6O3. The summed E-state index contributed by atoms with van der Waals surface area (Å²) in [7, 11) is 1.69. The number of aromatic nitrogens is 2. The zero-order valence-electron chi connectivity index (χ0n) is 24.0. The maximum atomic E-state index is 13.9. The number of aryl methyl sites for hydroxylation is 1. The largest absolute Gasteiger partial charge is 0.495 e. The predicted molar refractivity (Wildman–Crippen MR) is 163 cm³/mol. The Kier molecular flexibility index (Phi) is 8.98. The van der Waals surface area contributed by atoms with E-state index in [1.54, 1.807) is 33.2 Å². The molecule has 220 valence electrons. The Morgan fingerprint density at radius 1 is 1.07 bits per heavy atom. The lowest BCUT2D eigenvalue weighted by Gasteiger charge is -2.41. The van der Waals surface area contributed by atoms with Crippen LogP contribution < -0.4 is 20.3 Å². The van der Waals surface area contributed by atoms with Crippen LogP contribution in [0.15, 0.2) is 41.0 Å². The molecule has 1 aromatic heterocycles. The zero-order chi connectivity index (χ0) is 29.1. The second-order valence-electron chi connectivity index (χ2n) is 11.1. The van der Waals surface area contributed by atoms with Crippen molar-refractivity contribution in [3.8, 4) is 5.75 Å². The van der Waals surface area contributed by atoms with Crippen LogP contribution in [0.1, 0.15) is 37.8 Å². The Balaban J connectivity index is 1.32. The van der Waals surface area contributed by atoms with Gasteiger partial charge in [0, 0.05) is 61.4 Å². The van der Waals surface area contributed by atoms with Gasteiger partial charge in [-0.15, -0.1) is 0 Å². The van der Waals surface area contributed by atoms with E-state index < -0.39 is 11.4 Å². The molecule has 2 aliphatic heterocycles. The molecule has 3 aromatic rings. The van der Waals surface area contributed by atoms with E-state index in [1.807, 2.05) is 6.07 Å². The highest BCUT2D eigenvalue weighted by Gasteiger charge is 2.27. The number of anilines is 5. The quantitative estimate of drug-likeness (QED) is 0.290. The normalized spacial score (nSPS) is 17.0. The van der Waals surface area contributed by atoms with Gasteiger partial charge in [-0.25, -0.2) is 9.37 Å². The highest BCUT2D eigenvalue weighted by molar-refractivity contribution is 9.10. The predicted octanol–water partition coefficient (Wildman–Crippen LogP) is 5.71. The molecule has 41 heavy (non-hydrogen) atoms. The second-order valence-corrected chi connectivity index (χ2v) is 11.9. The molecular weight excluding hydrogens is 591 g/mol. The Hall–Kier alpha value is -2.99. The van der Waals surface area contributed by atoms with E-state index in [9.17, 15) is 9.50 Å². The molecule has 2 fully saturated rings. The number of nitrogens with zero attached hydrogens (tertiary/aromatic N) is 4. The van der Waals surface area contributed by atoms with Crippen molar-refractivity contribution in [3.63, 3.8) is 0 Å². The number of halogens is 2. The topological polar surface area (TPSA) is 95.0 Å². The Bertz CT molecular complexity index is 1370. The molecule has 3 N–H and O–H groups in total. The van der Waals surface area contributed by atoms with Crippen molar-refractivity contribution in [2.24, 2.45) is 0 Å². The van der Waals surface area contributed by atoms with Crippen molar-refractivity contribution in [1.29, 1.82) is 0 Å². The number of nitrogens with one attached hydrogen (secondary N) is 2. The summed E-state index contributed by atoms with van der Waals surface area (Å²) < 4.78 is 25.9. The van der Waals surface area contributed by atoms with Gasteiger partial charge < -0.3 is 30.1 Å². The third-order valence-electron chi connectivity index (χ3n) is 7.78. The number of hydrogen-bond acceptors (Lipinski definition) is 9. The SMILES string of the molecule is COc1cc(Nc2ncc(Br)c(Nc3ccc(F)cc3C(C)(C)O)n2)c(C)cc1N1CCC(N2CCOCC2)CC1. The fourth-order valence-corrected chi connectivity index (χ4v) is 5.82. The Morgan fingerprint density at radius 2 is 1.80 bits per heavy atom. The van der Waals surface area contributed by atoms with Crippen molar-refractivity contribution < 1.29 is 19.0 Å². The fraction of sp³-hybridized carbons (Fsp3) is 0.467. The molecule has 3 heterocycles. The number of morpholine rings is 1. The second kappa shape index (κ2) is 12.5. The van der Waals surface area contributed by atoms with Crippen molar-refractivity contribution in [2.45, 2.75) is 45.3 Å². The van der Waals surface area contributed by atoms with E-state index in [-0.39, 0.29) is 0 Å². The van der Waals surface area contributed by atoms with Gasteiger partial charge in [0.25, 0.3) is 0 Å². The van der Waals surface area contributed by atoms with Crippen LogP contribution >= 0.6 is 15.9 Å². The monoisotopic (exact) mass is 628 g/mol. The van der Waals surface area contributed by atoms with E-state index in [0.717, 1.165) is 74.9 Å². The fourth-order valence-electron chi connectivity index (χ4n) is 5.53. The average molecular weight is 630 g/mol. The molecule has 2 aromatic carbocycles. The van der Waals surface area contributed by atoms with Gasteiger partial charge in [0.05, 0.1) is 36.1 Å². The van der Waals surface area contributed by atoms with E-state index in [0.29, 0.717) is 33.5 Å². The van der Waals surface area contributed by atoms with Crippen LogP contribution in [0, 0.1) is 12.7 Å². The van der Waals surface area contributed by atoms with Crippen LogP contribution in [0.2, 0.25) is 0 Å². The average Bonchev–Trinajstić information content (AvgIpc) is 2.96. The van der Waals surface area contributed by atoms with Crippen LogP contribution in [-0.4, -0.2) is 72.5 Å². The first kappa shape index (κ1) is 29.5. The van der Waals surface area contributed by atoms with Gasteiger partial charge in [-0.1, -0.05) is 0 Å². The maximum Gasteiger partial charge on any atom is 0.229 e. The van der Waals surface area contributed by atoms with Gasteiger partial charge in [-0.3, -0.25) is 4.90 Å². The maximum absolute atomic E-state index is 13.9. The molecule has 0 radical (unpaired) electrons. The van der Waals surface area contributed by atoms with E-state index in [2.05, 4.69) is 59.3 Å². The summed E-state index contributed by atoms with van der Waals surface area (Å²) in [5.74, 6) is 1.22. The van der Waals surface area contributed by atoms with Gasteiger partial charge in [-0.05, 0) is 79.4 Å². The summed E-state index contributed by atoms with van der Waals surface area (Å²) in [6.45, 7) is 10.9. The number of aliphatic hydroxyl groups is 1. The number of methoxy groups -OCH3 is 1. The number of benzene rings is 2. The minimum absolute atomic E-state index is 0.381. The first-order valence-electron chi connectivity index (χ1n) is 14.0. The molecule has 0 unspecified atom stereocenters. The third kappa shape index (κ3) is 6.91. The van der Waals surface area contributed by atoms with Crippen LogP contribution in [0.4, 0.5) is 33.2 Å². The molecule has 0 aliphatic carbocycles. The van der Waals surface area contributed by atoms with Crippen LogP contribution in [0.3, 0.4) is 0 Å². The molecule has 0 bridgehead atoms. The van der Waals surface area contributed by atoms with Crippen molar-refractivity contribution in [1.82, 2.24) is 14.9 Å². The minimum atomic E-state index is -1.25. The first-order chi connectivity index (χ1) is 19.6. The lowest BCUT2D eigenvalue weighted by atomic mass is 9.96. The standard InChI is InChI=1S/C30H38BrFN6O3/c1-19-15-26(38-9-7-21(8-10-38)37-11-13-41-14-12-37)27(40-4)17-25(19)35-29-33-18-23(31)28(36-29)34-24-6-5-20(32)16-22(24)30(2,3)39/h5-6,15-18,21,39H,7-14H2,1-4H3,(H2,33,34,35,36). The van der Waals surface area contributed by atoms with Crippen LogP contribution in [-0.2, 0) is 10.3 Å². The van der Waals surface area contributed by atoms with Crippen molar-refractivity contribution in [3.05, 3.63) is 57.9 Å². The summed E-state index contributed by atoms with van der Waals surface area (Å²) in [6.07, 6.45) is 3.88. The van der Waals surface area contributed by atoms with Crippen molar-refractivity contribution in [2.75, 3.05) is 62.0 Å². The van der Waals surface area contributed by atoms with Gasteiger partial charge >= 0.3 is 0 Å².